The molecule has 0 atom stereocenters. The Balaban J connectivity index is 1.69. The van der Waals surface area contributed by atoms with Gasteiger partial charge in [-0.2, -0.15) is 0 Å². The number of halogens is 2. The zero-order valence-electron chi connectivity index (χ0n) is 12.6. The van der Waals surface area contributed by atoms with Crippen LogP contribution in [0, 0.1) is 6.92 Å². The highest BCUT2D eigenvalue weighted by Gasteiger charge is 2.12. The van der Waals surface area contributed by atoms with Crippen LogP contribution >= 0.6 is 34.5 Å². The Morgan fingerprint density at radius 3 is 2.71 bits per heavy atom. The second-order valence-corrected chi connectivity index (χ2v) is 7.00. The minimum Gasteiger partial charge on any atom is -0.296 e. The van der Waals surface area contributed by atoms with E-state index in [2.05, 4.69) is 20.3 Å². The molecule has 0 radical (unpaired) electrons. The van der Waals surface area contributed by atoms with Crippen LogP contribution in [0.15, 0.2) is 36.8 Å². The van der Waals surface area contributed by atoms with Crippen LogP contribution in [0.3, 0.4) is 0 Å². The van der Waals surface area contributed by atoms with Gasteiger partial charge in [0.15, 0.2) is 5.13 Å². The Hall–Kier alpha value is -2.02. The third kappa shape index (κ3) is 4.08. The summed E-state index contributed by atoms with van der Waals surface area (Å²) in [6.07, 6.45) is 5.32. The minimum absolute atomic E-state index is 0.248. The Morgan fingerprint density at radius 2 is 2.00 bits per heavy atom. The number of carbonyl (C=O) groups is 1. The number of anilines is 1. The van der Waals surface area contributed by atoms with Gasteiger partial charge >= 0.3 is 0 Å². The molecule has 0 saturated carbocycles. The van der Waals surface area contributed by atoms with Crippen molar-refractivity contribution < 1.29 is 4.79 Å². The van der Waals surface area contributed by atoms with E-state index in [9.17, 15) is 4.79 Å². The van der Waals surface area contributed by atoms with Gasteiger partial charge in [-0.15, -0.1) is 11.3 Å². The van der Waals surface area contributed by atoms with Gasteiger partial charge in [-0.3, -0.25) is 15.1 Å². The number of nitrogens with one attached hydrogen (secondary N) is 1. The molecular formula is C16H12Cl2N4OS. The molecule has 2 heterocycles. The molecule has 0 unspecified atom stereocenters. The predicted octanol–water partition coefficient (Wildman–Crippen LogP) is 4.39. The number of thiazole rings is 1. The normalized spacial score (nSPS) is 10.6. The van der Waals surface area contributed by atoms with E-state index in [1.807, 2.05) is 13.0 Å². The highest BCUT2D eigenvalue weighted by atomic mass is 35.5. The molecule has 0 bridgehead atoms. The van der Waals surface area contributed by atoms with Crippen molar-refractivity contribution in [1.82, 2.24) is 15.0 Å². The maximum atomic E-state index is 12.1. The maximum Gasteiger partial charge on any atom is 0.277 e. The lowest BCUT2D eigenvalue weighted by Gasteiger charge is -2.02. The second kappa shape index (κ2) is 7.25. The molecule has 5 nitrogen and oxygen atoms in total. The standard InChI is InChI=1S/C16H12Cl2N4OS/c1-9-6-20-14(8-19-9)15(23)22-16-21-7-12(24-16)4-10-2-3-11(17)5-13(10)18/h2-3,5-8H,4H2,1H3,(H,21,22,23). The van der Waals surface area contributed by atoms with Crippen LogP contribution < -0.4 is 5.32 Å². The van der Waals surface area contributed by atoms with Crippen molar-refractivity contribution in [3.8, 4) is 0 Å². The van der Waals surface area contributed by atoms with E-state index in [0.29, 0.717) is 21.6 Å². The topological polar surface area (TPSA) is 67.8 Å². The fraction of sp³-hybridized carbons (Fsp3) is 0.125. The number of amides is 1. The molecule has 8 heteroatoms. The van der Waals surface area contributed by atoms with Crippen LogP contribution in [-0.2, 0) is 6.42 Å². The molecule has 1 aromatic carbocycles. The number of nitrogens with zero attached hydrogens (tertiary/aromatic N) is 3. The van der Waals surface area contributed by atoms with Gasteiger partial charge < -0.3 is 0 Å². The zero-order chi connectivity index (χ0) is 17.1. The summed E-state index contributed by atoms with van der Waals surface area (Å²) in [4.78, 5) is 25.4. The number of benzene rings is 1. The van der Waals surface area contributed by atoms with Crippen LogP contribution in [0.5, 0.6) is 0 Å². The van der Waals surface area contributed by atoms with E-state index in [1.165, 1.54) is 17.5 Å². The lowest BCUT2D eigenvalue weighted by atomic mass is 10.1. The number of hydrogen-bond donors (Lipinski definition) is 1. The van der Waals surface area contributed by atoms with Gasteiger partial charge in [0.2, 0.25) is 0 Å². The quantitative estimate of drug-likeness (QED) is 0.730. The highest BCUT2D eigenvalue weighted by molar-refractivity contribution is 7.15. The molecule has 0 aliphatic carbocycles. The summed E-state index contributed by atoms with van der Waals surface area (Å²) >= 11 is 13.5. The van der Waals surface area contributed by atoms with Gasteiger partial charge in [0.05, 0.1) is 11.9 Å². The first-order valence-corrected chi connectivity index (χ1v) is 8.57. The van der Waals surface area contributed by atoms with Crippen molar-refractivity contribution in [2.75, 3.05) is 5.32 Å². The summed E-state index contributed by atoms with van der Waals surface area (Å²) in [6.45, 7) is 1.81. The van der Waals surface area contributed by atoms with Gasteiger partial charge in [-0.05, 0) is 24.6 Å². The van der Waals surface area contributed by atoms with Crippen LogP contribution in [0.4, 0.5) is 5.13 Å². The lowest BCUT2D eigenvalue weighted by Crippen LogP contribution is -2.13. The first-order valence-electron chi connectivity index (χ1n) is 7.00. The van der Waals surface area contributed by atoms with Gasteiger partial charge in [0.25, 0.3) is 5.91 Å². The van der Waals surface area contributed by atoms with Crippen molar-refractivity contribution in [2.24, 2.45) is 0 Å². The molecule has 0 spiro atoms. The molecule has 122 valence electrons. The molecule has 0 saturated heterocycles. The summed E-state index contributed by atoms with van der Waals surface area (Å²) in [6, 6.07) is 5.38. The van der Waals surface area contributed by atoms with Crippen LogP contribution in [-0.4, -0.2) is 20.9 Å². The Kier molecular flexibility index (Phi) is 5.08. The second-order valence-electron chi connectivity index (χ2n) is 5.04. The molecule has 0 fully saturated rings. The Bertz CT molecular complexity index is 880. The van der Waals surface area contributed by atoms with Crippen LogP contribution in [0.1, 0.15) is 26.6 Å². The van der Waals surface area contributed by atoms with Crippen LogP contribution in [0.25, 0.3) is 0 Å². The van der Waals surface area contributed by atoms with E-state index in [1.54, 1.807) is 24.5 Å². The fourth-order valence-corrected chi connectivity index (χ4v) is 3.28. The molecular weight excluding hydrogens is 367 g/mol. The molecule has 2 aromatic heterocycles. The van der Waals surface area contributed by atoms with Gasteiger partial charge in [0.1, 0.15) is 5.69 Å². The van der Waals surface area contributed by atoms with Gasteiger partial charge in [-0.25, -0.2) is 9.97 Å². The monoisotopic (exact) mass is 378 g/mol. The zero-order valence-corrected chi connectivity index (χ0v) is 14.9. The lowest BCUT2D eigenvalue weighted by molar-refractivity contribution is 0.102. The van der Waals surface area contributed by atoms with Crippen molar-refractivity contribution >= 4 is 45.6 Å². The maximum absolute atomic E-state index is 12.1. The average molecular weight is 379 g/mol. The summed E-state index contributed by atoms with van der Waals surface area (Å²) in [7, 11) is 0. The predicted molar refractivity (Wildman–Crippen MR) is 96.1 cm³/mol. The van der Waals surface area contributed by atoms with Gasteiger partial charge in [0, 0.05) is 33.7 Å². The third-order valence-corrected chi connectivity index (χ3v) is 4.67. The molecule has 3 rings (SSSR count). The highest BCUT2D eigenvalue weighted by Crippen LogP contribution is 2.27. The number of carbonyl (C=O) groups excluding carboxylic acids is 1. The first-order chi connectivity index (χ1) is 11.5. The van der Waals surface area contributed by atoms with Crippen molar-refractivity contribution in [2.45, 2.75) is 13.3 Å². The number of hydrogen-bond acceptors (Lipinski definition) is 5. The van der Waals surface area contributed by atoms with Crippen molar-refractivity contribution in [3.05, 3.63) is 68.7 Å². The molecule has 1 N–H and O–H groups in total. The van der Waals surface area contributed by atoms with Gasteiger partial charge in [-0.1, -0.05) is 29.3 Å². The molecule has 24 heavy (non-hydrogen) atoms. The molecule has 1 amide bonds. The summed E-state index contributed by atoms with van der Waals surface area (Å²) in [5.41, 5.74) is 1.95. The fourth-order valence-electron chi connectivity index (χ4n) is 1.97. The van der Waals surface area contributed by atoms with E-state index in [0.717, 1.165) is 16.1 Å². The average Bonchev–Trinajstić information content (AvgIpc) is 2.98. The molecule has 0 aliphatic rings. The summed E-state index contributed by atoms with van der Waals surface area (Å²) in [5.74, 6) is -0.340. The van der Waals surface area contributed by atoms with E-state index in [4.69, 9.17) is 23.2 Å². The van der Waals surface area contributed by atoms with Crippen molar-refractivity contribution in [3.63, 3.8) is 0 Å². The largest absolute Gasteiger partial charge is 0.296 e. The number of rotatable bonds is 4. The summed E-state index contributed by atoms with van der Waals surface area (Å²) < 4.78 is 0. The van der Waals surface area contributed by atoms with E-state index >= 15 is 0 Å². The molecule has 0 aliphatic heterocycles. The third-order valence-electron chi connectivity index (χ3n) is 3.17. The molecule has 3 aromatic rings. The first kappa shape index (κ1) is 16.8. The Labute approximate surface area is 152 Å². The number of aromatic nitrogens is 3. The van der Waals surface area contributed by atoms with Crippen LogP contribution in [0.2, 0.25) is 10.0 Å². The van der Waals surface area contributed by atoms with Crippen molar-refractivity contribution in [1.29, 1.82) is 0 Å². The smallest absolute Gasteiger partial charge is 0.277 e. The number of aryl methyl sites for hydroxylation is 1. The Morgan fingerprint density at radius 1 is 1.17 bits per heavy atom. The van der Waals surface area contributed by atoms with E-state index < -0.39 is 0 Å². The SMILES string of the molecule is Cc1cnc(C(=O)Nc2ncc(Cc3ccc(Cl)cc3Cl)s2)cn1. The van der Waals surface area contributed by atoms with E-state index in [-0.39, 0.29) is 11.6 Å². The minimum atomic E-state index is -0.340. The summed E-state index contributed by atoms with van der Waals surface area (Å²) in [5, 5.41) is 4.43.